The maximum absolute atomic E-state index is 15.5. The molecule has 0 aliphatic carbocycles. The van der Waals surface area contributed by atoms with Crippen molar-refractivity contribution in [2.24, 2.45) is 5.92 Å². The lowest BCUT2D eigenvalue weighted by Crippen LogP contribution is -2.45. The summed E-state index contributed by atoms with van der Waals surface area (Å²) < 4.78 is 98.6. The smallest absolute Gasteiger partial charge is 0.377 e. The van der Waals surface area contributed by atoms with E-state index in [0.717, 1.165) is 68.9 Å². The summed E-state index contributed by atoms with van der Waals surface area (Å²) >= 11 is 0. The molecule has 15 nitrogen and oxygen atoms in total. The van der Waals surface area contributed by atoms with Crippen molar-refractivity contribution in [3.05, 3.63) is 0 Å². The van der Waals surface area contributed by atoms with Crippen LogP contribution in [0.25, 0.3) is 0 Å². The third-order valence-electron chi connectivity index (χ3n) is 12.8. The molecule has 0 rings (SSSR count). The Morgan fingerprint density at radius 3 is 0.984 bits per heavy atom. The lowest BCUT2D eigenvalue weighted by atomic mass is 9.95. The molecule has 0 spiro atoms. The fourth-order valence-electron chi connectivity index (χ4n) is 8.19. The van der Waals surface area contributed by atoms with Crippen molar-refractivity contribution < 1.29 is 71.5 Å². The van der Waals surface area contributed by atoms with E-state index in [1.54, 1.807) is 85.3 Å². The second kappa shape index (κ2) is 30.2. The number of hydrogen-bond donors (Lipinski definition) is 1. The van der Waals surface area contributed by atoms with Crippen LogP contribution in [0.2, 0.25) is 73.5 Å². The summed E-state index contributed by atoms with van der Waals surface area (Å²) in [6.07, 6.45) is 4.67. The first-order valence-corrected chi connectivity index (χ1v) is 35.5. The minimum absolute atomic E-state index is 0.241. The third-order valence-corrected chi connectivity index (χ3v) is 33.5. The summed E-state index contributed by atoms with van der Waals surface area (Å²) in [6.45, 7) is 6.02. The van der Waals surface area contributed by atoms with Gasteiger partial charge in [0.1, 0.15) is 5.92 Å². The van der Waals surface area contributed by atoms with Crippen LogP contribution in [0.15, 0.2) is 0 Å². The first kappa shape index (κ1) is 60.8. The van der Waals surface area contributed by atoms with E-state index >= 15 is 8.78 Å². The molecule has 0 aliphatic rings. The number of carbonyl (C=O) groups is 2. The molecular weight excluding hydrogens is 901 g/mol. The van der Waals surface area contributed by atoms with Crippen molar-refractivity contribution in [1.29, 1.82) is 0 Å². The van der Waals surface area contributed by atoms with Crippen LogP contribution in [0.4, 0.5) is 8.78 Å². The molecule has 0 bridgehead atoms. The number of amides is 1. The molecule has 364 valence electrons. The average molecular weight is 987 g/mol. The molecule has 1 amide bonds. The van der Waals surface area contributed by atoms with Gasteiger partial charge in [-0.25, -0.2) is 0 Å². The molecule has 0 aromatic rings. The van der Waals surface area contributed by atoms with Crippen LogP contribution in [0, 0.1) is 5.92 Å². The van der Waals surface area contributed by atoms with E-state index in [1.165, 1.54) is 0 Å². The molecule has 0 aromatic heterocycles. The molecule has 0 radical (unpaired) electrons. The Morgan fingerprint density at radius 2 is 0.705 bits per heavy atom. The summed E-state index contributed by atoms with van der Waals surface area (Å²) in [7, 11) is 4.37. The molecule has 0 aliphatic heterocycles. The van der Waals surface area contributed by atoms with Gasteiger partial charge in [-0.1, -0.05) is 81.5 Å². The van der Waals surface area contributed by atoms with E-state index in [0.29, 0.717) is 43.4 Å². The molecule has 0 saturated heterocycles. The van der Waals surface area contributed by atoms with Gasteiger partial charge in [0.25, 0.3) is 0 Å². The van der Waals surface area contributed by atoms with E-state index < -0.39 is 74.9 Å². The summed E-state index contributed by atoms with van der Waals surface area (Å²) in [5.74, 6) is -7.58. The Morgan fingerprint density at radius 1 is 0.443 bits per heavy atom. The number of halogens is 2. The zero-order chi connectivity index (χ0) is 46.9. The molecule has 61 heavy (non-hydrogen) atoms. The van der Waals surface area contributed by atoms with Crippen LogP contribution in [0.1, 0.15) is 58.3 Å². The standard InChI is InChI=1S/C38H85F2NO14Si6/c1-35(37(43)41-24-18-26-57(15,29-21-33-60(50-8,51-9)52-10)30-22-34-61(53-11,54-12)55-13)38(39,40)36(42)23-16-17-25-56(14,27-19-31-58(44-2,45-3)46-4)28-20-32-59(47-5,48-6)49-7/h35H,16-34H2,1-15H3,(H,41,43). The highest BCUT2D eigenvalue weighted by atomic mass is 28.4. The summed E-state index contributed by atoms with van der Waals surface area (Å²) in [5, 5.41) is 2.71. The highest BCUT2D eigenvalue weighted by Gasteiger charge is 2.48. The molecule has 1 unspecified atom stereocenters. The first-order chi connectivity index (χ1) is 28.7. The Hall–Kier alpha value is -0.179. The molecule has 23 heteroatoms. The molecule has 0 saturated carbocycles. The number of alkyl halides is 2. The number of hydrogen-bond acceptors (Lipinski definition) is 14. The van der Waals surface area contributed by atoms with E-state index in [-0.39, 0.29) is 13.0 Å². The molecule has 0 heterocycles. The van der Waals surface area contributed by atoms with Gasteiger partial charge in [-0.3, -0.25) is 9.59 Å². The Bertz CT molecular complexity index is 1120. The number of unbranched alkanes of at least 4 members (excludes halogenated alkanes) is 1. The quantitative estimate of drug-likeness (QED) is 0.0470. The Kier molecular flexibility index (Phi) is 30.1. The Balaban J connectivity index is 5.49. The van der Waals surface area contributed by atoms with Gasteiger partial charge < -0.3 is 58.4 Å². The predicted molar refractivity (Wildman–Crippen MR) is 247 cm³/mol. The van der Waals surface area contributed by atoms with Gasteiger partial charge in [0.15, 0.2) is 0 Å². The second-order valence-corrected chi connectivity index (χ2v) is 39.2. The lowest BCUT2D eigenvalue weighted by Gasteiger charge is -2.31. The molecule has 1 N–H and O–H groups in total. The maximum atomic E-state index is 15.5. The van der Waals surface area contributed by atoms with Crippen molar-refractivity contribution in [3.63, 3.8) is 0 Å². The predicted octanol–water partition coefficient (Wildman–Crippen LogP) is 7.73. The third kappa shape index (κ3) is 20.1. The van der Waals surface area contributed by atoms with Crippen molar-refractivity contribution in [2.75, 3.05) is 91.9 Å². The minimum atomic E-state index is -3.78. The van der Waals surface area contributed by atoms with E-state index in [1.807, 2.05) is 0 Å². The monoisotopic (exact) mass is 985 g/mol. The van der Waals surface area contributed by atoms with E-state index in [4.69, 9.17) is 53.1 Å². The summed E-state index contributed by atoms with van der Waals surface area (Å²) in [5.41, 5.74) is 0. The number of ketones is 1. The van der Waals surface area contributed by atoms with Crippen molar-refractivity contribution >= 4 is 63.1 Å². The van der Waals surface area contributed by atoms with Crippen molar-refractivity contribution in [2.45, 2.75) is 138 Å². The van der Waals surface area contributed by atoms with Crippen LogP contribution in [-0.2, 0) is 62.7 Å². The fourth-order valence-corrected chi connectivity index (χ4v) is 24.2. The molecule has 0 fully saturated rings. The van der Waals surface area contributed by atoms with Crippen molar-refractivity contribution in [3.8, 4) is 0 Å². The Labute approximate surface area is 374 Å². The summed E-state index contributed by atoms with van der Waals surface area (Å²) in [4.78, 5) is 26.1. The zero-order valence-corrected chi connectivity index (χ0v) is 46.5. The minimum Gasteiger partial charge on any atom is -0.377 e. The van der Waals surface area contributed by atoms with Crippen LogP contribution in [0.5, 0.6) is 0 Å². The highest BCUT2D eigenvalue weighted by molar-refractivity contribution is 6.79. The number of nitrogens with one attached hydrogen (secondary N) is 1. The number of rotatable bonds is 40. The van der Waals surface area contributed by atoms with Gasteiger partial charge in [-0.2, -0.15) is 8.78 Å². The second-order valence-electron chi connectivity index (χ2n) is 16.6. The molecular formula is C38H85F2NO14Si6. The van der Waals surface area contributed by atoms with Gasteiger partial charge in [-0.05, 0) is 19.8 Å². The van der Waals surface area contributed by atoms with Crippen LogP contribution in [-0.4, -0.2) is 161 Å². The van der Waals surface area contributed by atoms with E-state index in [9.17, 15) is 9.59 Å². The van der Waals surface area contributed by atoms with Crippen LogP contribution < -0.4 is 5.32 Å². The van der Waals surface area contributed by atoms with Gasteiger partial charge >= 0.3 is 41.1 Å². The first-order valence-electron chi connectivity index (χ1n) is 21.5. The fraction of sp³-hybridized carbons (Fsp3) is 0.947. The largest absolute Gasteiger partial charge is 0.500 e. The van der Waals surface area contributed by atoms with Gasteiger partial charge in [0, 0.05) is 122 Å². The highest BCUT2D eigenvalue weighted by Crippen LogP contribution is 2.34. The SMILES string of the molecule is CO[Si](CCC[Si](C)(CCCCC(=O)C(F)(F)C(C)C(=O)NCCC[Si](C)(CCC[Si](OC)(OC)OC)CCC[Si](OC)(OC)OC)CCC[Si](OC)(OC)OC)(OC)OC. The zero-order valence-electron chi connectivity index (χ0n) is 40.5. The maximum Gasteiger partial charge on any atom is 0.500 e. The number of Topliss-reactive ketones (excluding diaryl/α,β-unsaturated/α-hetero) is 1. The average Bonchev–Trinajstić information content (AvgIpc) is 3.27. The molecule has 0 aromatic carbocycles. The normalized spacial score (nSPS) is 14.1. The lowest BCUT2D eigenvalue weighted by molar-refractivity contribution is -0.157. The van der Waals surface area contributed by atoms with E-state index in [2.05, 4.69) is 18.4 Å². The topological polar surface area (TPSA) is 157 Å². The van der Waals surface area contributed by atoms with Gasteiger partial charge in [-0.15, -0.1) is 0 Å². The van der Waals surface area contributed by atoms with Gasteiger partial charge in [0.2, 0.25) is 11.7 Å². The van der Waals surface area contributed by atoms with Crippen LogP contribution >= 0.6 is 0 Å². The molecule has 1 atom stereocenters. The van der Waals surface area contributed by atoms with Gasteiger partial charge in [0.05, 0.1) is 16.1 Å². The number of carbonyl (C=O) groups excluding carboxylic acids is 2. The van der Waals surface area contributed by atoms with Crippen molar-refractivity contribution in [1.82, 2.24) is 5.32 Å². The van der Waals surface area contributed by atoms with Crippen LogP contribution in [0.3, 0.4) is 0 Å². The summed E-state index contributed by atoms with van der Waals surface area (Å²) in [6, 6.07) is 8.24.